The predicted octanol–water partition coefficient (Wildman–Crippen LogP) is 1.66. The Morgan fingerprint density at radius 1 is 1.19 bits per heavy atom. The molecule has 2 unspecified atom stereocenters. The summed E-state index contributed by atoms with van der Waals surface area (Å²) < 4.78 is 0. The summed E-state index contributed by atoms with van der Waals surface area (Å²) in [5, 5.41) is 9.00. The molecule has 2 atom stereocenters. The molecule has 0 bridgehead atoms. The van der Waals surface area contributed by atoms with E-state index < -0.39 is 0 Å². The van der Waals surface area contributed by atoms with Gasteiger partial charge in [0, 0.05) is 25.7 Å². The SMILES string of the molecule is Cc1cc(C)cc(-n2ncc(CN3CC(C)C(N)C3)n2)c1. The van der Waals surface area contributed by atoms with Crippen molar-refractivity contribution in [3.63, 3.8) is 0 Å². The van der Waals surface area contributed by atoms with Gasteiger partial charge in [0.05, 0.1) is 17.6 Å². The second-order valence-electron chi connectivity index (χ2n) is 6.31. The topological polar surface area (TPSA) is 60.0 Å². The average molecular weight is 285 g/mol. The van der Waals surface area contributed by atoms with Gasteiger partial charge < -0.3 is 5.73 Å². The third kappa shape index (κ3) is 3.14. The Balaban J connectivity index is 1.74. The standard InChI is InChI=1S/C16H23N5/c1-11-4-12(2)6-15(5-11)21-18-7-14(19-21)9-20-8-13(3)16(17)10-20/h4-7,13,16H,8-10,17H2,1-3H3. The highest BCUT2D eigenvalue weighted by atomic mass is 15.5. The summed E-state index contributed by atoms with van der Waals surface area (Å²) in [5.74, 6) is 0.555. The van der Waals surface area contributed by atoms with Gasteiger partial charge in [-0.15, -0.1) is 0 Å². The maximum atomic E-state index is 6.07. The lowest BCUT2D eigenvalue weighted by atomic mass is 10.1. The molecular formula is C16H23N5. The summed E-state index contributed by atoms with van der Waals surface area (Å²) >= 11 is 0. The van der Waals surface area contributed by atoms with Gasteiger partial charge in [-0.3, -0.25) is 4.90 Å². The lowest BCUT2D eigenvalue weighted by Crippen LogP contribution is -2.28. The van der Waals surface area contributed by atoms with Crippen LogP contribution in [-0.2, 0) is 6.54 Å². The molecule has 5 heteroatoms. The van der Waals surface area contributed by atoms with E-state index in [1.54, 1.807) is 4.80 Å². The molecule has 0 saturated carbocycles. The van der Waals surface area contributed by atoms with E-state index in [1.807, 2.05) is 6.20 Å². The molecule has 2 heterocycles. The first-order valence-corrected chi connectivity index (χ1v) is 7.49. The molecule has 2 aromatic rings. The molecule has 3 rings (SSSR count). The van der Waals surface area contributed by atoms with Crippen molar-refractivity contribution >= 4 is 0 Å². The van der Waals surface area contributed by atoms with Crippen LogP contribution in [0.25, 0.3) is 5.69 Å². The zero-order valence-electron chi connectivity index (χ0n) is 13.0. The monoisotopic (exact) mass is 285 g/mol. The van der Waals surface area contributed by atoms with E-state index in [2.05, 4.69) is 54.1 Å². The number of likely N-dealkylation sites (tertiary alicyclic amines) is 1. The number of aromatic nitrogens is 3. The lowest BCUT2D eigenvalue weighted by molar-refractivity contribution is 0.314. The molecule has 1 aliphatic heterocycles. The largest absolute Gasteiger partial charge is 0.326 e. The van der Waals surface area contributed by atoms with Crippen LogP contribution < -0.4 is 5.73 Å². The lowest BCUT2D eigenvalue weighted by Gasteiger charge is -2.12. The molecular weight excluding hydrogens is 262 g/mol. The van der Waals surface area contributed by atoms with E-state index in [0.29, 0.717) is 5.92 Å². The van der Waals surface area contributed by atoms with Gasteiger partial charge in [0.15, 0.2) is 0 Å². The summed E-state index contributed by atoms with van der Waals surface area (Å²) in [6.07, 6.45) is 1.85. The highest BCUT2D eigenvalue weighted by molar-refractivity contribution is 5.37. The molecule has 1 aromatic carbocycles. The van der Waals surface area contributed by atoms with Crippen LogP contribution in [-0.4, -0.2) is 39.0 Å². The van der Waals surface area contributed by atoms with Crippen molar-refractivity contribution < 1.29 is 0 Å². The molecule has 5 nitrogen and oxygen atoms in total. The first kappa shape index (κ1) is 14.2. The van der Waals surface area contributed by atoms with Crippen molar-refractivity contribution in [2.45, 2.75) is 33.4 Å². The zero-order valence-corrected chi connectivity index (χ0v) is 13.0. The number of aryl methyl sites for hydroxylation is 2. The quantitative estimate of drug-likeness (QED) is 0.932. The van der Waals surface area contributed by atoms with Crippen LogP contribution in [0.5, 0.6) is 0 Å². The highest BCUT2D eigenvalue weighted by Crippen LogP contribution is 2.17. The van der Waals surface area contributed by atoms with Gasteiger partial charge in [-0.05, 0) is 43.0 Å². The number of hydrogen-bond acceptors (Lipinski definition) is 4. The van der Waals surface area contributed by atoms with E-state index in [0.717, 1.165) is 31.0 Å². The maximum Gasteiger partial charge on any atom is 0.0971 e. The van der Waals surface area contributed by atoms with E-state index in [4.69, 9.17) is 5.73 Å². The van der Waals surface area contributed by atoms with E-state index >= 15 is 0 Å². The second-order valence-corrected chi connectivity index (χ2v) is 6.31. The van der Waals surface area contributed by atoms with Crippen molar-refractivity contribution in [3.8, 4) is 5.69 Å². The van der Waals surface area contributed by atoms with E-state index in [1.165, 1.54) is 11.1 Å². The first-order valence-electron chi connectivity index (χ1n) is 7.49. The fraction of sp³-hybridized carbons (Fsp3) is 0.500. The fourth-order valence-corrected chi connectivity index (χ4v) is 3.01. The van der Waals surface area contributed by atoms with Gasteiger partial charge in [-0.25, -0.2) is 0 Å². The molecule has 21 heavy (non-hydrogen) atoms. The predicted molar refractivity (Wildman–Crippen MR) is 83.2 cm³/mol. The van der Waals surface area contributed by atoms with Crippen molar-refractivity contribution in [3.05, 3.63) is 41.2 Å². The molecule has 112 valence electrons. The maximum absolute atomic E-state index is 6.07. The third-order valence-electron chi connectivity index (χ3n) is 4.11. The van der Waals surface area contributed by atoms with Crippen molar-refractivity contribution in [2.24, 2.45) is 11.7 Å². The van der Waals surface area contributed by atoms with Crippen LogP contribution in [0.1, 0.15) is 23.7 Å². The molecule has 0 radical (unpaired) electrons. The number of nitrogens with zero attached hydrogens (tertiary/aromatic N) is 4. The van der Waals surface area contributed by atoms with Gasteiger partial charge in [0.2, 0.25) is 0 Å². The Labute approximate surface area is 125 Å². The number of rotatable bonds is 3. The van der Waals surface area contributed by atoms with Crippen LogP contribution >= 0.6 is 0 Å². The Bertz CT molecular complexity index is 603. The molecule has 0 amide bonds. The van der Waals surface area contributed by atoms with Gasteiger partial charge in [0.1, 0.15) is 0 Å². The molecule has 0 aliphatic carbocycles. The normalized spacial score (nSPS) is 22.9. The molecule has 1 aliphatic rings. The summed E-state index contributed by atoms with van der Waals surface area (Å²) in [7, 11) is 0. The number of benzene rings is 1. The van der Waals surface area contributed by atoms with Crippen LogP contribution in [0.3, 0.4) is 0 Å². The summed E-state index contributed by atoms with van der Waals surface area (Å²) in [6.45, 7) is 9.19. The Morgan fingerprint density at radius 2 is 1.90 bits per heavy atom. The fourth-order valence-electron chi connectivity index (χ4n) is 3.01. The van der Waals surface area contributed by atoms with Crippen LogP contribution in [0, 0.1) is 19.8 Å². The second kappa shape index (κ2) is 5.58. The molecule has 0 spiro atoms. The van der Waals surface area contributed by atoms with Gasteiger partial charge in [-0.2, -0.15) is 15.0 Å². The number of hydrogen-bond donors (Lipinski definition) is 1. The highest BCUT2D eigenvalue weighted by Gasteiger charge is 2.26. The molecule has 1 saturated heterocycles. The van der Waals surface area contributed by atoms with Gasteiger partial charge in [-0.1, -0.05) is 13.0 Å². The van der Waals surface area contributed by atoms with Crippen molar-refractivity contribution in [1.82, 2.24) is 19.9 Å². The van der Waals surface area contributed by atoms with Gasteiger partial charge >= 0.3 is 0 Å². The zero-order chi connectivity index (χ0) is 15.0. The summed E-state index contributed by atoms with van der Waals surface area (Å²) in [6, 6.07) is 6.63. The average Bonchev–Trinajstić information content (AvgIpc) is 2.97. The van der Waals surface area contributed by atoms with Crippen molar-refractivity contribution in [2.75, 3.05) is 13.1 Å². The number of nitrogens with two attached hydrogens (primary N) is 1. The molecule has 1 aromatic heterocycles. The molecule has 1 fully saturated rings. The van der Waals surface area contributed by atoms with Crippen LogP contribution in [0.4, 0.5) is 0 Å². The van der Waals surface area contributed by atoms with E-state index in [9.17, 15) is 0 Å². The van der Waals surface area contributed by atoms with Crippen LogP contribution in [0.2, 0.25) is 0 Å². The minimum atomic E-state index is 0.277. The van der Waals surface area contributed by atoms with Gasteiger partial charge in [0.25, 0.3) is 0 Å². The minimum Gasteiger partial charge on any atom is -0.326 e. The van der Waals surface area contributed by atoms with E-state index in [-0.39, 0.29) is 6.04 Å². The van der Waals surface area contributed by atoms with Crippen molar-refractivity contribution in [1.29, 1.82) is 0 Å². The first-order chi connectivity index (χ1) is 10.0. The summed E-state index contributed by atoms with van der Waals surface area (Å²) in [4.78, 5) is 4.07. The minimum absolute atomic E-state index is 0.277. The Kier molecular flexibility index (Phi) is 3.78. The molecule has 2 N–H and O–H groups in total. The smallest absolute Gasteiger partial charge is 0.0971 e. The third-order valence-corrected chi connectivity index (χ3v) is 4.11. The van der Waals surface area contributed by atoms with Crippen LogP contribution in [0.15, 0.2) is 24.4 Å². The summed E-state index contributed by atoms with van der Waals surface area (Å²) in [5.41, 5.74) is 10.5. The Morgan fingerprint density at radius 3 is 2.52 bits per heavy atom. The Hall–Kier alpha value is -1.72.